The first-order valence-corrected chi connectivity index (χ1v) is 10.3. The Bertz CT molecular complexity index is 1040. The molecule has 1 aromatic carbocycles. The van der Waals surface area contributed by atoms with E-state index in [0.29, 0.717) is 37.0 Å². The third-order valence-electron chi connectivity index (χ3n) is 6.11. The topological polar surface area (TPSA) is 101 Å². The molecule has 9 heteroatoms. The number of nitrogens with one attached hydrogen (secondary N) is 1. The first kappa shape index (κ1) is 19.5. The zero-order valence-electron chi connectivity index (χ0n) is 17.1. The molecule has 9 nitrogen and oxygen atoms in total. The second-order valence-corrected chi connectivity index (χ2v) is 8.07. The van der Waals surface area contributed by atoms with Gasteiger partial charge in [0.1, 0.15) is 25.5 Å². The van der Waals surface area contributed by atoms with Crippen LogP contribution in [-0.4, -0.2) is 53.9 Å². The number of fused-ring (bicyclic) bond motifs is 1. The van der Waals surface area contributed by atoms with E-state index in [1.54, 1.807) is 24.0 Å². The number of hydrogen-bond donors (Lipinski definition) is 1. The van der Waals surface area contributed by atoms with Crippen molar-refractivity contribution in [3.63, 3.8) is 0 Å². The van der Waals surface area contributed by atoms with Crippen molar-refractivity contribution in [1.82, 2.24) is 15.1 Å². The Morgan fingerprint density at radius 2 is 2.00 bits per heavy atom. The van der Waals surface area contributed by atoms with Crippen LogP contribution >= 0.6 is 0 Å². The standard InChI is InChI=1S/C22H23N3O6/c1-22(18-5-3-9-31-18)20(27)25(21(28)23-22)13-19(26)24-8-2-4-15(24)14-6-7-16-17(12-14)30-11-10-29-16/h3,5-7,9,12,15H,2,4,8,10-11,13H2,1H3,(H,23,28)/t15-,22+/m0/s1. The lowest BCUT2D eigenvalue weighted by atomic mass is 9.99. The van der Waals surface area contributed by atoms with Crippen molar-refractivity contribution in [2.45, 2.75) is 31.3 Å². The minimum Gasteiger partial charge on any atom is -0.486 e. The maximum Gasteiger partial charge on any atom is 0.325 e. The van der Waals surface area contributed by atoms with Crippen molar-refractivity contribution in [2.75, 3.05) is 26.3 Å². The fourth-order valence-corrected chi connectivity index (χ4v) is 4.48. The normalized spacial score (nSPS) is 25.1. The van der Waals surface area contributed by atoms with Gasteiger partial charge in [0.25, 0.3) is 5.91 Å². The summed E-state index contributed by atoms with van der Waals surface area (Å²) < 4.78 is 16.6. The van der Waals surface area contributed by atoms with Crippen LogP contribution in [0.2, 0.25) is 0 Å². The number of imide groups is 1. The average Bonchev–Trinajstić information content (AvgIpc) is 3.52. The van der Waals surface area contributed by atoms with E-state index in [4.69, 9.17) is 13.9 Å². The molecule has 2 fully saturated rings. The van der Waals surface area contributed by atoms with Crippen LogP contribution in [0.25, 0.3) is 0 Å². The van der Waals surface area contributed by atoms with Gasteiger partial charge in [-0.2, -0.15) is 0 Å². The number of nitrogens with zero attached hydrogens (tertiary/aromatic N) is 2. The van der Waals surface area contributed by atoms with Crippen LogP contribution in [-0.2, 0) is 15.1 Å². The first-order valence-electron chi connectivity index (χ1n) is 10.3. The molecule has 3 aliphatic rings. The lowest BCUT2D eigenvalue weighted by molar-refractivity contribution is -0.139. The van der Waals surface area contributed by atoms with E-state index < -0.39 is 17.5 Å². The summed E-state index contributed by atoms with van der Waals surface area (Å²) in [5.41, 5.74) is -0.367. The highest BCUT2D eigenvalue weighted by Crippen LogP contribution is 2.38. The molecule has 0 bridgehead atoms. The monoisotopic (exact) mass is 425 g/mol. The molecule has 4 heterocycles. The van der Waals surface area contributed by atoms with Gasteiger partial charge in [-0.15, -0.1) is 0 Å². The SMILES string of the molecule is C[C@]1(c2ccco2)NC(=O)N(CC(=O)N2CCC[C@H]2c2ccc3c(c2)OCCO3)C1=O. The smallest absolute Gasteiger partial charge is 0.325 e. The van der Waals surface area contributed by atoms with Crippen LogP contribution in [0.3, 0.4) is 0 Å². The predicted molar refractivity (Wildman–Crippen MR) is 107 cm³/mol. The van der Waals surface area contributed by atoms with Crippen LogP contribution in [0.5, 0.6) is 11.5 Å². The molecule has 1 aromatic heterocycles. The maximum absolute atomic E-state index is 13.1. The molecule has 0 radical (unpaired) electrons. The number of carbonyl (C=O) groups is 3. The van der Waals surface area contributed by atoms with Crippen molar-refractivity contribution in [1.29, 1.82) is 0 Å². The molecule has 2 saturated heterocycles. The predicted octanol–water partition coefficient (Wildman–Crippen LogP) is 2.18. The summed E-state index contributed by atoms with van der Waals surface area (Å²) in [5, 5.41) is 2.65. The number of furan rings is 1. The van der Waals surface area contributed by atoms with Crippen LogP contribution < -0.4 is 14.8 Å². The molecule has 2 atom stereocenters. The van der Waals surface area contributed by atoms with E-state index in [2.05, 4.69) is 5.32 Å². The second-order valence-electron chi connectivity index (χ2n) is 8.07. The number of amides is 4. The number of likely N-dealkylation sites (tertiary alicyclic amines) is 1. The van der Waals surface area contributed by atoms with Gasteiger partial charge >= 0.3 is 6.03 Å². The molecule has 0 spiro atoms. The van der Waals surface area contributed by atoms with Crippen molar-refractivity contribution in [3.05, 3.63) is 47.9 Å². The summed E-state index contributed by atoms with van der Waals surface area (Å²) in [4.78, 5) is 41.3. The Kier molecular flexibility index (Phi) is 4.60. The fourth-order valence-electron chi connectivity index (χ4n) is 4.48. The van der Waals surface area contributed by atoms with E-state index in [1.165, 1.54) is 6.26 Å². The Morgan fingerprint density at radius 1 is 1.19 bits per heavy atom. The van der Waals surface area contributed by atoms with E-state index >= 15 is 0 Å². The Labute approximate surface area is 178 Å². The molecule has 31 heavy (non-hydrogen) atoms. The van der Waals surface area contributed by atoms with Gasteiger partial charge in [0.15, 0.2) is 17.0 Å². The molecule has 5 rings (SSSR count). The van der Waals surface area contributed by atoms with Gasteiger partial charge in [0, 0.05) is 6.54 Å². The van der Waals surface area contributed by atoms with E-state index in [1.807, 2.05) is 18.2 Å². The van der Waals surface area contributed by atoms with Crippen LogP contribution in [0.4, 0.5) is 4.79 Å². The third kappa shape index (κ3) is 3.20. The van der Waals surface area contributed by atoms with Crippen molar-refractivity contribution < 1.29 is 28.3 Å². The van der Waals surface area contributed by atoms with Gasteiger partial charge in [0.05, 0.1) is 12.3 Å². The molecule has 0 aliphatic carbocycles. The Morgan fingerprint density at radius 3 is 2.77 bits per heavy atom. The third-order valence-corrected chi connectivity index (χ3v) is 6.11. The highest BCUT2D eigenvalue weighted by Gasteiger charge is 2.52. The molecule has 0 saturated carbocycles. The molecule has 2 aromatic rings. The van der Waals surface area contributed by atoms with E-state index in [0.717, 1.165) is 23.3 Å². The quantitative estimate of drug-likeness (QED) is 0.754. The van der Waals surface area contributed by atoms with Crippen LogP contribution in [0.15, 0.2) is 41.0 Å². The summed E-state index contributed by atoms with van der Waals surface area (Å²) >= 11 is 0. The van der Waals surface area contributed by atoms with E-state index in [9.17, 15) is 14.4 Å². The van der Waals surface area contributed by atoms with E-state index in [-0.39, 0.29) is 18.5 Å². The molecule has 1 N–H and O–H groups in total. The molecule has 3 aliphatic heterocycles. The maximum atomic E-state index is 13.1. The van der Waals surface area contributed by atoms with Gasteiger partial charge < -0.3 is 24.1 Å². The number of benzene rings is 1. The highest BCUT2D eigenvalue weighted by molar-refractivity contribution is 6.08. The van der Waals surface area contributed by atoms with Gasteiger partial charge in [0.2, 0.25) is 5.91 Å². The Hall–Kier alpha value is -3.49. The fraction of sp³-hybridized carbons (Fsp3) is 0.409. The molecule has 0 unspecified atom stereocenters. The summed E-state index contributed by atoms with van der Waals surface area (Å²) in [7, 11) is 0. The highest BCUT2D eigenvalue weighted by atomic mass is 16.6. The molecule has 162 valence electrons. The van der Waals surface area contributed by atoms with Gasteiger partial charge in [-0.05, 0) is 49.6 Å². The number of rotatable bonds is 4. The first-order chi connectivity index (χ1) is 15.0. The van der Waals surface area contributed by atoms with Crippen molar-refractivity contribution >= 4 is 17.8 Å². The number of urea groups is 1. The molecule has 4 amide bonds. The van der Waals surface area contributed by atoms with Crippen molar-refractivity contribution in [2.24, 2.45) is 0 Å². The molecular formula is C22H23N3O6. The Balaban J connectivity index is 1.33. The summed E-state index contributed by atoms with van der Waals surface area (Å²) in [6.45, 7) is 2.83. The zero-order chi connectivity index (χ0) is 21.6. The average molecular weight is 425 g/mol. The lowest BCUT2D eigenvalue weighted by Gasteiger charge is -2.28. The largest absolute Gasteiger partial charge is 0.486 e. The van der Waals surface area contributed by atoms with Crippen LogP contribution in [0, 0.1) is 0 Å². The number of carbonyl (C=O) groups excluding carboxylic acids is 3. The summed E-state index contributed by atoms with van der Waals surface area (Å²) in [5.74, 6) is 0.922. The lowest BCUT2D eigenvalue weighted by Crippen LogP contribution is -2.44. The summed E-state index contributed by atoms with van der Waals surface area (Å²) in [6, 6.07) is 8.24. The summed E-state index contributed by atoms with van der Waals surface area (Å²) in [6.07, 6.45) is 3.08. The van der Waals surface area contributed by atoms with Gasteiger partial charge in [-0.3, -0.25) is 14.5 Å². The minimum absolute atomic E-state index is 0.138. The zero-order valence-corrected chi connectivity index (χ0v) is 17.1. The van der Waals surface area contributed by atoms with Gasteiger partial charge in [-0.1, -0.05) is 6.07 Å². The minimum atomic E-state index is -1.32. The second kappa shape index (κ2) is 7.33. The van der Waals surface area contributed by atoms with Gasteiger partial charge in [-0.25, -0.2) is 4.79 Å². The number of hydrogen-bond acceptors (Lipinski definition) is 6. The van der Waals surface area contributed by atoms with Crippen LogP contribution in [0.1, 0.15) is 37.1 Å². The molecular weight excluding hydrogens is 402 g/mol. The van der Waals surface area contributed by atoms with Crippen molar-refractivity contribution in [3.8, 4) is 11.5 Å². The number of ether oxygens (including phenoxy) is 2.